The summed E-state index contributed by atoms with van der Waals surface area (Å²) < 4.78 is 32.9. The number of carbonyl (C=O) groups is 1. The fraction of sp³-hybridized carbons (Fsp3) is 0.176. The van der Waals surface area contributed by atoms with Gasteiger partial charge in [-0.2, -0.15) is 8.42 Å². The summed E-state index contributed by atoms with van der Waals surface area (Å²) in [4.78, 5) is 14.5. The van der Waals surface area contributed by atoms with E-state index in [0.29, 0.717) is 16.1 Å². The van der Waals surface area contributed by atoms with Crippen molar-refractivity contribution in [3.63, 3.8) is 0 Å². The smallest absolute Gasteiger partial charge is 0.337 e. The molecular weight excluding hydrogens is 374 g/mol. The highest BCUT2D eigenvalue weighted by molar-refractivity contribution is 7.99. The Labute approximate surface area is 156 Å². The number of hydrogen-bond acceptors (Lipinski definition) is 6. The van der Waals surface area contributed by atoms with Crippen molar-refractivity contribution in [2.24, 2.45) is 4.40 Å². The molecule has 7 nitrogen and oxygen atoms in total. The second-order valence-corrected chi connectivity index (χ2v) is 8.29. The van der Waals surface area contributed by atoms with Gasteiger partial charge in [0, 0.05) is 29.6 Å². The van der Waals surface area contributed by atoms with E-state index in [1.165, 1.54) is 42.2 Å². The van der Waals surface area contributed by atoms with Gasteiger partial charge in [-0.25, -0.2) is 4.79 Å². The van der Waals surface area contributed by atoms with Crippen molar-refractivity contribution in [2.45, 2.75) is 14.7 Å². The fourth-order valence-corrected chi connectivity index (χ4v) is 3.93. The molecule has 2 aromatic rings. The van der Waals surface area contributed by atoms with Gasteiger partial charge >= 0.3 is 5.97 Å². The molecule has 2 aromatic carbocycles. The lowest BCUT2D eigenvalue weighted by molar-refractivity contribution is 0.0600. The minimum Gasteiger partial charge on any atom is -0.465 e. The summed E-state index contributed by atoms with van der Waals surface area (Å²) in [5, 5.41) is 0. The third-order valence-electron chi connectivity index (χ3n) is 3.13. The van der Waals surface area contributed by atoms with Gasteiger partial charge in [-0.05, 0) is 42.5 Å². The van der Waals surface area contributed by atoms with Crippen LogP contribution in [0.25, 0.3) is 0 Å². The normalized spacial score (nSPS) is 11.5. The first-order chi connectivity index (χ1) is 12.2. The molecule has 0 spiro atoms. The van der Waals surface area contributed by atoms with Crippen LogP contribution >= 0.6 is 11.8 Å². The average molecular weight is 393 g/mol. The minimum atomic E-state index is -3.84. The number of esters is 1. The van der Waals surface area contributed by atoms with E-state index in [4.69, 9.17) is 5.73 Å². The van der Waals surface area contributed by atoms with Crippen molar-refractivity contribution >= 4 is 39.8 Å². The summed E-state index contributed by atoms with van der Waals surface area (Å²) in [6, 6.07) is 11.3. The molecule has 0 aliphatic rings. The lowest BCUT2D eigenvalue weighted by Crippen LogP contribution is -2.10. The molecule has 2 N–H and O–H groups in total. The maximum absolute atomic E-state index is 12.3. The minimum absolute atomic E-state index is 0.0179. The molecule has 0 aliphatic carbocycles. The summed E-state index contributed by atoms with van der Waals surface area (Å²) in [6.07, 6.45) is 1.22. The Bertz CT molecular complexity index is 924. The van der Waals surface area contributed by atoms with E-state index in [9.17, 15) is 13.2 Å². The number of benzene rings is 2. The van der Waals surface area contributed by atoms with Crippen LogP contribution in [0.5, 0.6) is 0 Å². The van der Waals surface area contributed by atoms with Gasteiger partial charge in [0.2, 0.25) is 0 Å². The molecule has 0 saturated heterocycles. The highest BCUT2D eigenvalue weighted by atomic mass is 32.2. The van der Waals surface area contributed by atoms with Crippen LogP contribution in [0.3, 0.4) is 0 Å². The van der Waals surface area contributed by atoms with Gasteiger partial charge in [-0.3, -0.25) is 0 Å². The summed E-state index contributed by atoms with van der Waals surface area (Å²) in [6.45, 7) is 0. The van der Waals surface area contributed by atoms with Gasteiger partial charge in [0.15, 0.2) is 0 Å². The van der Waals surface area contributed by atoms with E-state index in [0.717, 1.165) is 4.90 Å². The highest BCUT2D eigenvalue weighted by Crippen LogP contribution is 2.31. The highest BCUT2D eigenvalue weighted by Gasteiger charge is 2.15. The molecule has 0 bridgehead atoms. The Kier molecular flexibility index (Phi) is 6.27. The van der Waals surface area contributed by atoms with Crippen molar-refractivity contribution in [1.29, 1.82) is 0 Å². The molecule has 0 fully saturated rings. The SMILES string of the molecule is COC(=O)c1ccc(Sc2cc(N)cc(S(=O)(=O)N=CN(C)C)c2)cc1. The van der Waals surface area contributed by atoms with Crippen LogP contribution in [-0.2, 0) is 14.8 Å². The lowest BCUT2D eigenvalue weighted by Gasteiger charge is -2.08. The molecule has 26 heavy (non-hydrogen) atoms. The summed E-state index contributed by atoms with van der Waals surface area (Å²) in [7, 11) is 0.834. The van der Waals surface area contributed by atoms with Gasteiger partial charge in [-0.15, -0.1) is 4.40 Å². The molecule has 0 amide bonds. The maximum atomic E-state index is 12.3. The van der Waals surface area contributed by atoms with Gasteiger partial charge in [-0.1, -0.05) is 11.8 Å². The zero-order valence-electron chi connectivity index (χ0n) is 14.5. The first-order valence-corrected chi connectivity index (χ1v) is 9.70. The van der Waals surface area contributed by atoms with Crippen LogP contribution in [0.4, 0.5) is 5.69 Å². The molecule has 0 aromatic heterocycles. The Morgan fingerprint density at radius 2 is 1.81 bits per heavy atom. The van der Waals surface area contributed by atoms with Crippen LogP contribution in [0, 0.1) is 0 Å². The number of nitrogens with two attached hydrogens (primary N) is 1. The van der Waals surface area contributed by atoms with Crippen LogP contribution in [0.2, 0.25) is 0 Å². The van der Waals surface area contributed by atoms with E-state index in [1.54, 1.807) is 44.4 Å². The standard InChI is InChI=1S/C17H19N3O4S2/c1-20(2)11-19-26(22,23)16-9-13(18)8-15(10-16)25-14-6-4-12(5-7-14)17(21)24-3/h4-11H,18H2,1-3H3. The van der Waals surface area contributed by atoms with Crippen LogP contribution in [0.1, 0.15) is 10.4 Å². The predicted octanol–water partition coefficient (Wildman–Crippen LogP) is 2.49. The zero-order chi connectivity index (χ0) is 19.3. The number of anilines is 1. The van der Waals surface area contributed by atoms with Crippen molar-refractivity contribution in [3.8, 4) is 0 Å². The number of hydrogen-bond donors (Lipinski definition) is 1. The summed E-state index contributed by atoms with van der Waals surface area (Å²) in [5.74, 6) is -0.419. The molecule has 0 aliphatic heterocycles. The second kappa shape index (κ2) is 8.24. The molecule has 0 heterocycles. The third kappa shape index (κ3) is 5.24. The first-order valence-electron chi connectivity index (χ1n) is 7.45. The number of nitrogens with zero attached hydrogens (tertiary/aromatic N) is 2. The number of nitrogen functional groups attached to an aromatic ring is 1. The number of sulfonamides is 1. The number of rotatable bonds is 6. The van der Waals surface area contributed by atoms with E-state index < -0.39 is 16.0 Å². The Balaban J connectivity index is 2.28. The maximum Gasteiger partial charge on any atom is 0.337 e. The second-order valence-electron chi connectivity index (χ2n) is 5.52. The van der Waals surface area contributed by atoms with Crippen molar-refractivity contribution in [2.75, 3.05) is 26.9 Å². The van der Waals surface area contributed by atoms with Crippen LogP contribution in [-0.4, -0.2) is 46.8 Å². The van der Waals surface area contributed by atoms with E-state index in [2.05, 4.69) is 9.13 Å². The number of carbonyl (C=O) groups excluding carboxylic acids is 1. The average Bonchev–Trinajstić information content (AvgIpc) is 2.59. The van der Waals surface area contributed by atoms with Gasteiger partial charge in [0.25, 0.3) is 10.0 Å². The molecule has 0 atom stereocenters. The van der Waals surface area contributed by atoms with Gasteiger partial charge < -0.3 is 15.4 Å². The molecule has 2 rings (SSSR count). The Hall–Kier alpha value is -2.52. The molecule has 9 heteroatoms. The van der Waals surface area contributed by atoms with Crippen molar-refractivity contribution < 1.29 is 17.9 Å². The molecule has 0 radical (unpaired) electrons. The third-order valence-corrected chi connectivity index (χ3v) is 5.31. The molecule has 138 valence electrons. The fourth-order valence-electron chi connectivity index (χ4n) is 1.93. The monoisotopic (exact) mass is 393 g/mol. The van der Waals surface area contributed by atoms with E-state index in [-0.39, 0.29) is 4.90 Å². The largest absolute Gasteiger partial charge is 0.465 e. The van der Waals surface area contributed by atoms with Crippen molar-refractivity contribution in [3.05, 3.63) is 48.0 Å². The van der Waals surface area contributed by atoms with Crippen LogP contribution in [0.15, 0.2) is 61.5 Å². The first kappa shape index (κ1) is 19.8. The Morgan fingerprint density at radius 3 is 2.38 bits per heavy atom. The van der Waals surface area contributed by atoms with Gasteiger partial charge in [0.05, 0.1) is 17.6 Å². The van der Waals surface area contributed by atoms with Crippen LogP contribution < -0.4 is 5.73 Å². The predicted molar refractivity (Wildman–Crippen MR) is 102 cm³/mol. The Morgan fingerprint density at radius 1 is 1.15 bits per heavy atom. The van der Waals surface area contributed by atoms with E-state index in [1.807, 2.05) is 0 Å². The number of ether oxygens (including phenoxy) is 1. The topological polar surface area (TPSA) is 102 Å². The summed E-state index contributed by atoms with van der Waals surface area (Å²) in [5.41, 5.74) is 6.60. The quantitative estimate of drug-likeness (QED) is 0.348. The molecule has 0 unspecified atom stereocenters. The summed E-state index contributed by atoms with van der Waals surface area (Å²) >= 11 is 1.33. The number of methoxy groups -OCH3 is 1. The van der Waals surface area contributed by atoms with Gasteiger partial charge in [0.1, 0.15) is 6.34 Å². The lowest BCUT2D eigenvalue weighted by atomic mass is 10.2. The van der Waals surface area contributed by atoms with E-state index >= 15 is 0 Å². The molecular formula is C17H19N3O4S2. The zero-order valence-corrected chi connectivity index (χ0v) is 16.2. The van der Waals surface area contributed by atoms with Crippen molar-refractivity contribution in [1.82, 2.24) is 4.90 Å². The molecule has 0 saturated carbocycles.